The summed E-state index contributed by atoms with van der Waals surface area (Å²) in [6.45, 7) is 3.72. The number of benzene rings is 2. The van der Waals surface area contributed by atoms with Gasteiger partial charge < -0.3 is 41.7 Å². The zero-order chi connectivity index (χ0) is 27.8. The van der Waals surface area contributed by atoms with E-state index < -0.39 is 0 Å². The molecular formula is C28H38N4O6. The summed E-state index contributed by atoms with van der Waals surface area (Å²) in [5.41, 5.74) is 6.64. The predicted molar refractivity (Wildman–Crippen MR) is 148 cm³/mol. The van der Waals surface area contributed by atoms with Crippen molar-refractivity contribution in [3.63, 3.8) is 0 Å². The smallest absolute Gasteiger partial charge is 0.246 e. The van der Waals surface area contributed by atoms with Crippen molar-refractivity contribution >= 4 is 24.0 Å². The van der Waals surface area contributed by atoms with Crippen LogP contribution in [0.2, 0.25) is 0 Å². The average molecular weight is 527 g/mol. The van der Waals surface area contributed by atoms with Crippen molar-refractivity contribution in [1.82, 2.24) is 15.5 Å². The lowest BCUT2D eigenvalue weighted by Gasteiger charge is -2.21. The first-order valence-corrected chi connectivity index (χ1v) is 12.7. The van der Waals surface area contributed by atoms with E-state index in [1.54, 1.807) is 23.1 Å². The number of carbonyl (C=O) groups excluding carboxylic acids is 2. The van der Waals surface area contributed by atoms with Crippen LogP contribution in [-0.2, 0) is 9.59 Å². The summed E-state index contributed by atoms with van der Waals surface area (Å²) < 4.78 is 0. The second-order valence-corrected chi connectivity index (χ2v) is 8.73. The SMILES string of the molecule is NCCCNCCCCN(CCCNC(=O)/C=C/c1ccc(O)c(O)c1)C(=O)/C=C/c1ccc(O)c(O)c1. The first-order valence-electron chi connectivity index (χ1n) is 12.7. The molecule has 0 atom stereocenters. The maximum absolute atomic E-state index is 12.9. The molecule has 2 amide bonds. The van der Waals surface area contributed by atoms with Gasteiger partial charge in [-0.3, -0.25) is 9.59 Å². The first-order chi connectivity index (χ1) is 18.3. The molecule has 2 aromatic carbocycles. The molecule has 0 spiro atoms. The van der Waals surface area contributed by atoms with Crippen molar-refractivity contribution in [2.24, 2.45) is 5.73 Å². The summed E-state index contributed by atoms with van der Waals surface area (Å²) in [6.07, 6.45) is 9.05. The highest BCUT2D eigenvalue weighted by Gasteiger charge is 2.11. The van der Waals surface area contributed by atoms with E-state index in [9.17, 15) is 30.0 Å². The average Bonchev–Trinajstić information content (AvgIpc) is 2.90. The summed E-state index contributed by atoms with van der Waals surface area (Å²) >= 11 is 0. The minimum Gasteiger partial charge on any atom is -0.504 e. The van der Waals surface area contributed by atoms with Crippen LogP contribution in [0.3, 0.4) is 0 Å². The van der Waals surface area contributed by atoms with Gasteiger partial charge in [-0.15, -0.1) is 0 Å². The molecule has 0 aromatic heterocycles. The summed E-state index contributed by atoms with van der Waals surface area (Å²) in [5.74, 6) is -1.48. The van der Waals surface area contributed by atoms with Crippen molar-refractivity contribution in [1.29, 1.82) is 0 Å². The van der Waals surface area contributed by atoms with Crippen LogP contribution in [0.4, 0.5) is 0 Å². The molecule has 0 saturated heterocycles. The standard InChI is InChI=1S/C28H38N4O6/c29-13-3-15-30-14-1-2-17-32(28(38)12-8-22-6-10-24(34)26(36)20-22)18-4-16-31-27(37)11-7-21-5-9-23(33)25(35)19-21/h5-12,19-20,30,33-36H,1-4,13-18,29H2,(H,31,37)/b11-7+,12-8+. The Morgan fingerprint density at radius 1 is 0.737 bits per heavy atom. The van der Waals surface area contributed by atoms with E-state index in [0.717, 1.165) is 32.4 Å². The molecule has 0 saturated carbocycles. The quantitative estimate of drug-likeness (QED) is 0.0993. The highest BCUT2D eigenvalue weighted by atomic mass is 16.3. The molecule has 0 heterocycles. The van der Waals surface area contributed by atoms with Crippen LogP contribution in [0.5, 0.6) is 23.0 Å². The van der Waals surface area contributed by atoms with Crippen LogP contribution in [0.15, 0.2) is 48.6 Å². The van der Waals surface area contributed by atoms with Gasteiger partial charge in [0.1, 0.15) is 0 Å². The molecule has 2 aromatic rings. The predicted octanol–water partition coefficient (Wildman–Crippen LogP) is 2.29. The second-order valence-electron chi connectivity index (χ2n) is 8.73. The number of phenolic OH excluding ortho intramolecular Hbond substituents is 4. The number of nitrogens with two attached hydrogens (primary N) is 1. The second kappa shape index (κ2) is 16.7. The Balaban J connectivity index is 1.86. The maximum atomic E-state index is 12.9. The Morgan fingerprint density at radius 2 is 1.32 bits per heavy atom. The van der Waals surface area contributed by atoms with Crippen LogP contribution < -0.4 is 16.4 Å². The van der Waals surface area contributed by atoms with E-state index in [2.05, 4.69) is 10.6 Å². The zero-order valence-corrected chi connectivity index (χ0v) is 21.5. The third-order valence-electron chi connectivity index (χ3n) is 5.65. The molecule has 0 aliphatic carbocycles. The number of amides is 2. The monoisotopic (exact) mass is 526 g/mol. The number of phenols is 4. The van der Waals surface area contributed by atoms with Crippen molar-refractivity contribution in [3.05, 3.63) is 59.7 Å². The third-order valence-corrected chi connectivity index (χ3v) is 5.65. The van der Waals surface area contributed by atoms with Crippen molar-refractivity contribution in [2.75, 3.05) is 39.3 Å². The van der Waals surface area contributed by atoms with E-state index in [0.29, 0.717) is 43.7 Å². The molecule has 0 aliphatic rings. The Labute approximate surface area is 223 Å². The van der Waals surface area contributed by atoms with Crippen molar-refractivity contribution in [2.45, 2.75) is 25.7 Å². The number of nitrogens with zero attached hydrogens (tertiary/aromatic N) is 1. The van der Waals surface area contributed by atoms with Gasteiger partial charge in [0.2, 0.25) is 11.8 Å². The highest BCUT2D eigenvalue weighted by Crippen LogP contribution is 2.26. The fourth-order valence-corrected chi connectivity index (χ4v) is 3.51. The highest BCUT2D eigenvalue weighted by molar-refractivity contribution is 5.92. The maximum Gasteiger partial charge on any atom is 0.246 e. The number of aromatic hydroxyl groups is 4. The molecule has 0 fully saturated rings. The molecule has 10 nitrogen and oxygen atoms in total. The lowest BCUT2D eigenvalue weighted by atomic mass is 10.2. The lowest BCUT2D eigenvalue weighted by Crippen LogP contribution is -2.34. The van der Waals surface area contributed by atoms with Gasteiger partial charge in [0, 0.05) is 31.8 Å². The van der Waals surface area contributed by atoms with E-state index >= 15 is 0 Å². The van der Waals surface area contributed by atoms with E-state index in [1.165, 1.54) is 42.5 Å². The van der Waals surface area contributed by atoms with Crippen LogP contribution in [0.25, 0.3) is 12.2 Å². The van der Waals surface area contributed by atoms with Crippen LogP contribution in [-0.4, -0.2) is 76.4 Å². The van der Waals surface area contributed by atoms with Crippen molar-refractivity contribution < 1.29 is 30.0 Å². The summed E-state index contributed by atoms with van der Waals surface area (Å²) in [4.78, 5) is 26.7. The van der Waals surface area contributed by atoms with Gasteiger partial charge in [0.05, 0.1) is 0 Å². The molecule has 0 aliphatic heterocycles. The molecule has 206 valence electrons. The van der Waals surface area contributed by atoms with Crippen molar-refractivity contribution in [3.8, 4) is 23.0 Å². The molecule has 0 bridgehead atoms. The molecule has 10 heteroatoms. The molecular weight excluding hydrogens is 488 g/mol. The van der Waals surface area contributed by atoms with E-state index in [4.69, 9.17) is 5.73 Å². The molecule has 0 unspecified atom stereocenters. The number of unbranched alkanes of at least 4 members (excludes halogenated alkanes) is 1. The number of rotatable bonds is 16. The van der Waals surface area contributed by atoms with Crippen LogP contribution >= 0.6 is 0 Å². The van der Waals surface area contributed by atoms with Gasteiger partial charge in [0.15, 0.2) is 23.0 Å². The van der Waals surface area contributed by atoms with E-state index in [-0.39, 0.29) is 34.8 Å². The van der Waals surface area contributed by atoms with Gasteiger partial charge in [-0.25, -0.2) is 0 Å². The van der Waals surface area contributed by atoms with Gasteiger partial charge in [-0.05, 0) is 92.9 Å². The Morgan fingerprint density at radius 3 is 1.92 bits per heavy atom. The largest absolute Gasteiger partial charge is 0.504 e. The summed E-state index contributed by atoms with van der Waals surface area (Å²) in [5, 5.41) is 44.1. The molecule has 2 rings (SSSR count). The molecule has 0 radical (unpaired) electrons. The molecule has 38 heavy (non-hydrogen) atoms. The number of nitrogens with one attached hydrogen (secondary N) is 2. The first kappa shape index (κ1) is 30.2. The van der Waals surface area contributed by atoms with Gasteiger partial charge >= 0.3 is 0 Å². The molecule has 8 N–H and O–H groups in total. The lowest BCUT2D eigenvalue weighted by molar-refractivity contribution is -0.126. The van der Waals surface area contributed by atoms with E-state index in [1.807, 2.05) is 0 Å². The Hall–Kier alpha value is -4.02. The summed E-state index contributed by atoms with van der Waals surface area (Å²) in [7, 11) is 0. The van der Waals surface area contributed by atoms with Gasteiger partial charge in [0.25, 0.3) is 0 Å². The van der Waals surface area contributed by atoms with Gasteiger partial charge in [-0.1, -0.05) is 12.1 Å². The number of hydrogen-bond acceptors (Lipinski definition) is 8. The fourth-order valence-electron chi connectivity index (χ4n) is 3.51. The zero-order valence-electron chi connectivity index (χ0n) is 21.5. The van der Waals surface area contributed by atoms with Gasteiger partial charge in [-0.2, -0.15) is 0 Å². The Kier molecular flexibility index (Phi) is 13.3. The van der Waals surface area contributed by atoms with Crippen LogP contribution in [0, 0.1) is 0 Å². The topological polar surface area (TPSA) is 168 Å². The summed E-state index contributed by atoms with van der Waals surface area (Å²) in [6, 6.07) is 8.59. The minimum absolute atomic E-state index is 0.188. The Bertz CT molecular complexity index is 1100. The minimum atomic E-state index is -0.314. The van der Waals surface area contributed by atoms with Crippen LogP contribution in [0.1, 0.15) is 36.8 Å². The normalized spacial score (nSPS) is 11.3. The number of carbonyl (C=O) groups is 2. The fraction of sp³-hybridized carbons (Fsp3) is 0.357. The number of hydrogen-bond donors (Lipinski definition) is 7. The third kappa shape index (κ3) is 11.4.